The number of thiophene rings is 1. The zero-order valence-electron chi connectivity index (χ0n) is 13.7. The number of ether oxygens (including phenoxy) is 1. The van der Waals surface area contributed by atoms with Crippen LogP contribution >= 0.6 is 11.3 Å². The van der Waals surface area contributed by atoms with Crippen molar-refractivity contribution in [1.82, 2.24) is 14.4 Å². The predicted molar refractivity (Wildman–Crippen MR) is 93.9 cm³/mol. The van der Waals surface area contributed by atoms with Gasteiger partial charge in [-0.05, 0) is 35.7 Å². The summed E-state index contributed by atoms with van der Waals surface area (Å²) in [6.45, 7) is 2.06. The van der Waals surface area contributed by atoms with Crippen molar-refractivity contribution in [3.05, 3.63) is 47.7 Å². The minimum Gasteiger partial charge on any atom is -0.497 e. The largest absolute Gasteiger partial charge is 0.497 e. The van der Waals surface area contributed by atoms with Crippen LogP contribution < -0.4 is 4.74 Å². The Morgan fingerprint density at radius 2 is 2.00 bits per heavy atom. The smallest absolute Gasteiger partial charge is 0.243 e. The summed E-state index contributed by atoms with van der Waals surface area (Å²) in [5.74, 6) is 1.31. The highest BCUT2D eigenvalue weighted by molar-refractivity contribution is 7.89. The number of aromatic nitrogens is 2. The lowest BCUT2D eigenvalue weighted by Crippen LogP contribution is -2.30. The molecule has 0 aliphatic carbocycles. The zero-order chi connectivity index (χ0) is 17.9. The highest BCUT2D eigenvalue weighted by atomic mass is 32.2. The molecule has 0 amide bonds. The monoisotopic (exact) mass is 379 g/mol. The highest BCUT2D eigenvalue weighted by Crippen LogP contribution is 2.23. The molecular formula is C16H17N3O4S2. The van der Waals surface area contributed by atoms with Gasteiger partial charge in [-0.1, -0.05) is 18.1 Å². The molecule has 2 aromatic heterocycles. The number of hydrogen-bond donors (Lipinski definition) is 0. The fraction of sp³-hybridized carbons (Fsp3) is 0.250. The standard InChI is InChI=1S/C16H17N3O4S2/c1-3-19(25(20,21)13-8-6-12(22-2)7-9-13)11-15-17-16(18-23-15)14-5-4-10-24-14/h4-10H,3,11H2,1-2H3. The second kappa shape index (κ2) is 7.34. The Hall–Kier alpha value is -2.23. The number of nitrogens with zero attached hydrogens (tertiary/aromatic N) is 3. The van der Waals surface area contributed by atoms with Crippen molar-refractivity contribution < 1.29 is 17.7 Å². The fourth-order valence-corrected chi connectivity index (χ4v) is 4.29. The van der Waals surface area contributed by atoms with Gasteiger partial charge in [-0.15, -0.1) is 11.3 Å². The summed E-state index contributed by atoms with van der Waals surface area (Å²) in [5, 5.41) is 5.82. The summed E-state index contributed by atoms with van der Waals surface area (Å²) in [6.07, 6.45) is 0. The third kappa shape index (κ3) is 3.73. The first-order valence-electron chi connectivity index (χ1n) is 7.55. The van der Waals surface area contributed by atoms with Crippen LogP contribution in [0.3, 0.4) is 0 Å². The molecule has 0 fully saturated rings. The van der Waals surface area contributed by atoms with Crippen LogP contribution in [0.1, 0.15) is 12.8 Å². The number of rotatable bonds is 7. The summed E-state index contributed by atoms with van der Waals surface area (Å²) in [7, 11) is -2.14. The number of hydrogen-bond acceptors (Lipinski definition) is 7. The quantitative estimate of drug-likeness (QED) is 0.627. The second-order valence-electron chi connectivity index (χ2n) is 5.10. The van der Waals surface area contributed by atoms with E-state index in [9.17, 15) is 8.42 Å². The molecule has 25 heavy (non-hydrogen) atoms. The molecule has 0 saturated carbocycles. The van der Waals surface area contributed by atoms with Crippen LogP contribution in [-0.4, -0.2) is 36.5 Å². The van der Waals surface area contributed by atoms with Crippen LogP contribution in [0.4, 0.5) is 0 Å². The zero-order valence-corrected chi connectivity index (χ0v) is 15.4. The van der Waals surface area contributed by atoms with Crippen LogP contribution in [0.15, 0.2) is 51.2 Å². The molecule has 0 saturated heterocycles. The van der Waals surface area contributed by atoms with Gasteiger partial charge in [-0.2, -0.15) is 9.29 Å². The third-order valence-electron chi connectivity index (χ3n) is 3.57. The molecule has 0 aliphatic rings. The summed E-state index contributed by atoms with van der Waals surface area (Å²) in [4.78, 5) is 5.34. The maximum atomic E-state index is 12.8. The van der Waals surface area contributed by atoms with Gasteiger partial charge in [0.1, 0.15) is 5.75 Å². The number of sulfonamides is 1. The molecule has 2 heterocycles. The molecule has 9 heteroatoms. The fourth-order valence-electron chi connectivity index (χ4n) is 2.24. The Bertz CT molecular complexity index is 919. The summed E-state index contributed by atoms with van der Waals surface area (Å²) >= 11 is 1.49. The molecule has 1 aromatic carbocycles. The van der Waals surface area contributed by atoms with Crippen molar-refractivity contribution in [2.24, 2.45) is 0 Å². The highest BCUT2D eigenvalue weighted by Gasteiger charge is 2.25. The first-order chi connectivity index (χ1) is 12.0. The predicted octanol–water partition coefficient (Wildman–Crippen LogP) is 3.02. The van der Waals surface area contributed by atoms with Crippen molar-refractivity contribution >= 4 is 21.4 Å². The average Bonchev–Trinajstić information content (AvgIpc) is 3.31. The molecule has 0 unspecified atom stereocenters. The van der Waals surface area contributed by atoms with Gasteiger partial charge in [0.2, 0.25) is 21.7 Å². The van der Waals surface area contributed by atoms with Crippen LogP contribution in [0.2, 0.25) is 0 Å². The van der Waals surface area contributed by atoms with Gasteiger partial charge >= 0.3 is 0 Å². The van der Waals surface area contributed by atoms with Gasteiger partial charge < -0.3 is 9.26 Å². The van der Waals surface area contributed by atoms with E-state index in [0.29, 0.717) is 11.6 Å². The van der Waals surface area contributed by atoms with Crippen molar-refractivity contribution in [2.75, 3.05) is 13.7 Å². The molecule has 0 spiro atoms. The average molecular weight is 379 g/mol. The third-order valence-corrected chi connectivity index (χ3v) is 6.37. The number of methoxy groups -OCH3 is 1. The van der Waals surface area contributed by atoms with Crippen LogP contribution in [0, 0.1) is 0 Å². The molecule has 0 atom stereocenters. The second-order valence-corrected chi connectivity index (χ2v) is 7.98. The summed E-state index contributed by atoms with van der Waals surface area (Å²) in [6, 6.07) is 10.0. The van der Waals surface area contributed by atoms with Gasteiger partial charge in [0.05, 0.1) is 23.4 Å². The molecule has 0 bridgehead atoms. The van der Waals surface area contributed by atoms with Crippen molar-refractivity contribution in [1.29, 1.82) is 0 Å². The first kappa shape index (κ1) is 17.6. The van der Waals surface area contributed by atoms with E-state index in [1.807, 2.05) is 17.5 Å². The lowest BCUT2D eigenvalue weighted by atomic mass is 10.3. The summed E-state index contributed by atoms with van der Waals surface area (Å²) < 4.78 is 37.2. The molecule has 132 valence electrons. The molecule has 7 nitrogen and oxygen atoms in total. The van der Waals surface area contributed by atoms with Gasteiger partial charge in [0.25, 0.3) is 0 Å². The maximum absolute atomic E-state index is 12.8. The van der Waals surface area contributed by atoms with Crippen molar-refractivity contribution in [3.63, 3.8) is 0 Å². The molecule has 3 aromatic rings. The van der Waals surface area contributed by atoms with Crippen LogP contribution in [0.25, 0.3) is 10.7 Å². The maximum Gasteiger partial charge on any atom is 0.243 e. The Morgan fingerprint density at radius 1 is 1.24 bits per heavy atom. The van der Waals surface area contributed by atoms with Crippen LogP contribution in [0.5, 0.6) is 5.75 Å². The van der Waals surface area contributed by atoms with Crippen molar-refractivity contribution in [3.8, 4) is 16.5 Å². The normalized spacial score (nSPS) is 11.8. The van der Waals surface area contributed by atoms with E-state index in [0.717, 1.165) is 4.88 Å². The molecule has 3 rings (SSSR count). The van der Waals surface area contributed by atoms with Gasteiger partial charge in [0, 0.05) is 6.54 Å². The van der Waals surface area contributed by atoms with Gasteiger partial charge in [-0.25, -0.2) is 8.42 Å². The Kier molecular flexibility index (Phi) is 5.16. The Labute approximate surface area is 149 Å². The van der Waals surface area contributed by atoms with Gasteiger partial charge in [0.15, 0.2) is 0 Å². The van der Waals surface area contributed by atoms with E-state index in [2.05, 4.69) is 10.1 Å². The van der Waals surface area contributed by atoms with E-state index in [1.54, 1.807) is 19.1 Å². The van der Waals surface area contributed by atoms with Crippen LogP contribution in [-0.2, 0) is 16.6 Å². The van der Waals surface area contributed by atoms with E-state index >= 15 is 0 Å². The SMILES string of the molecule is CCN(Cc1nc(-c2cccs2)no1)S(=O)(=O)c1ccc(OC)cc1. The summed E-state index contributed by atoms with van der Waals surface area (Å²) in [5.41, 5.74) is 0. The van der Waals surface area contributed by atoms with E-state index in [1.165, 1.54) is 34.9 Å². The topological polar surface area (TPSA) is 85.5 Å². The number of benzene rings is 1. The van der Waals surface area contributed by atoms with Crippen molar-refractivity contribution in [2.45, 2.75) is 18.4 Å². The minimum atomic E-state index is -3.67. The molecular weight excluding hydrogens is 362 g/mol. The Morgan fingerprint density at radius 3 is 2.60 bits per heavy atom. The molecule has 0 aliphatic heterocycles. The lowest BCUT2D eigenvalue weighted by Gasteiger charge is -2.18. The van der Waals surface area contributed by atoms with E-state index < -0.39 is 10.0 Å². The lowest BCUT2D eigenvalue weighted by molar-refractivity contribution is 0.321. The minimum absolute atomic E-state index is 0.0171. The van der Waals surface area contributed by atoms with Gasteiger partial charge in [-0.3, -0.25) is 0 Å². The van der Waals surface area contributed by atoms with E-state index in [-0.39, 0.29) is 23.9 Å². The molecule has 0 radical (unpaired) electrons. The molecule has 0 N–H and O–H groups in total. The first-order valence-corrected chi connectivity index (χ1v) is 9.87. The van der Waals surface area contributed by atoms with E-state index in [4.69, 9.17) is 9.26 Å². The Balaban J connectivity index is 1.81.